The number of hydrogen-bond acceptors (Lipinski definition) is 7. The quantitative estimate of drug-likeness (QED) is 0.387. The lowest BCUT2D eigenvalue weighted by molar-refractivity contribution is 0.135. The second-order valence-corrected chi connectivity index (χ2v) is 8.73. The number of carbonyl (C=O) groups is 1. The molecule has 2 N–H and O–H groups in total. The lowest BCUT2D eigenvalue weighted by Crippen LogP contribution is -2.50. The molecule has 4 heterocycles. The second kappa shape index (κ2) is 10.7. The largest absolute Gasteiger partial charge is 0.341 e. The van der Waals surface area contributed by atoms with Crippen molar-refractivity contribution in [3.8, 4) is 17.1 Å². The first-order valence-electron chi connectivity index (χ1n) is 11.6. The van der Waals surface area contributed by atoms with Gasteiger partial charge in [-0.1, -0.05) is 29.8 Å². The molecule has 0 aliphatic carbocycles. The average Bonchev–Trinajstić information content (AvgIpc) is 3.39. The first kappa shape index (κ1) is 23.7. The standard InChI is InChI=1S/C25H26ClN9O/c1-27-25(36)34-13-11-33(12-14-34)17-19-15-18(16-23(26)30-19)31-24-28-9-7-21(32-24)22-8-10-29-35(22)20-5-3-2-4-6-20/h2-10,15-16H,11-14,17H2,1H3,(H,27,36)(H,28,30,31,32). The normalized spacial score (nSPS) is 14.0. The summed E-state index contributed by atoms with van der Waals surface area (Å²) < 4.78 is 1.84. The van der Waals surface area contributed by atoms with Crippen molar-refractivity contribution in [1.82, 2.24) is 39.8 Å². The summed E-state index contributed by atoms with van der Waals surface area (Å²) in [6.45, 7) is 3.51. The molecular weight excluding hydrogens is 478 g/mol. The van der Waals surface area contributed by atoms with Gasteiger partial charge < -0.3 is 15.5 Å². The van der Waals surface area contributed by atoms with Crippen molar-refractivity contribution in [2.24, 2.45) is 0 Å². The highest BCUT2D eigenvalue weighted by atomic mass is 35.5. The van der Waals surface area contributed by atoms with Crippen LogP contribution in [0.5, 0.6) is 0 Å². The lowest BCUT2D eigenvalue weighted by Gasteiger charge is -2.34. The van der Waals surface area contributed by atoms with E-state index in [-0.39, 0.29) is 6.03 Å². The Morgan fingerprint density at radius 1 is 1.00 bits per heavy atom. The molecule has 1 aromatic carbocycles. The van der Waals surface area contributed by atoms with Crippen LogP contribution < -0.4 is 10.6 Å². The third-order valence-corrected chi connectivity index (χ3v) is 6.12. The molecule has 0 saturated carbocycles. The van der Waals surface area contributed by atoms with Crippen LogP contribution in [0.4, 0.5) is 16.4 Å². The van der Waals surface area contributed by atoms with Crippen molar-refractivity contribution in [2.75, 3.05) is 38.5 Å². The van der Waals surface area contributed by atoms with Crippen molar-refractivity contribution in [2.45, 2.75) is 6.54 Å². The van der Waals surface area contributed by atoms with Crippen LogP contribution in [-0.2, 0) is 6.54 Å². The molecule has 1 aliphatic heterocycles. The van der Waals surface area contributed by atoms with E-state index in [0.717, 1.165) is 41.5 Å². The SMILES string of the molecule is CNC(=O)N1CCN(Cc2cc(Nc3nccc(-c4ccnn4-c4ccccc4)n3)cc(Cl)n2)CC1. The fraction of sp³-hybridized carbons (Fsp3) is 0.240. The Morgan fingerprint density at radius 3 is 2.58 bits per heavy atom. The summed E-state index contributed by atoms with van der Waals surface area (Å²) in [5, 5.41) is 10.8. The third kappa shape index (κ3) is 5.45. The van der Waals surface area contributed by atoms with Gasteiger partial charge in [-0.3, -0.25) is 4.90 Å². The zero-order valence-corrected chi connectivity index (χ0v) is 20.6. The highest BCUT2D eigenvalue weighted by Crippen LogP contribution is 2.24. The van der Waals surface area contributed by atoms with Gasteiger partial charge in [0.25, 0.3) is 0 Å². The number of nitrogens with one attached hydrogen (secondary N) is 2. The Bertz CT molecular complexity index is 1340. The van der Waals surface area contributed by atoms with Gasteiger partial charge in [-0.2, -0.15) is 5.10 Å². The van der Waals surface area contributed by atoms with E-state index in [1.54, 1.807) is 25.5 Å². The Morgan fingerprint density at radius 2 is 1.81 bits per heavy atom. The molecule has 1 saturated heterocycles. The molecule has 10 nitrogen and oxygen atoms in total. The van der Waals surface area contributed by atoms with E-state index in [1.807, 2.05) is 58.1 Å². The molecule has 2 amide bonds. The van der Waals surface area contributed by atoms with Crippen LogP contribution in [0.1, 0.15) is 5.69 Å². The van der Waals surface area contributed by atoms with Crippen LogP contribution in [-0.4, -0.2) is 73.8 Å². The van der Waals surface area contributed by atoms with Gasteiger partial charge in [0.1, 0.15) is 5.15 Å². The van der Waals surface area contributed by atoms with Gasteiger partial charge in [0, 0.05) is 51.7 Å². The highest BCUT2D eigenvalue weighted by molar-refractivity contribution is 6.29. The fourth-order valence-corrected chi connectivity index (χ4v) is 4.39. The van der Waals surface area contributed by atoms with Crippen LogP contribution in [0, 0.1) is 0 Å². The number of hydrogen-bond donors (Lipinski definition) is 2. The number of rotatable bonds is 6. The molecule has 5 rings (SSSR count). The van der Waals surface area contributed by atoms with Gasteiger partial charge in [0.05, 0.1) is 29.0 Å². The van der Waals surface area contributed by atoms with Crippen molar-refractivity contribution < 1.29 is 4.79 Å². The van der Waals surface area contributed by atoms with Crippen LogP contribution in [0.25, 0.3) is 17.1 Å². The van der Waals surface area contributed by atoms with Gasteiger partial charge in [0.2, 0.25) is 5.95 Å². The summed E-state index contributed by atoms with van der Waals surface area (Å²) in [5.74, 6) is 0.445. The Labute approximate surface area is 214 Å². The van der Waals surface area contributed by atoms with E-state index >= 15 is 0 Å². The van der Waals surface area contributed by atoms with Gasteiger partial charge in [-0.25, -0.2) is 24.4 Å². The van der Waals surface area contributed by atoms with E-state index in [9.17, 15) is 4.79 Å². The maximum absolute atomic E-state index is 11.8. The number of nitrogens with zero attached hydrogens (tertiary/aromatic N) is 7. The monoisotopic (exact) mass is 503 g/mol. The van der Waals surface area contributed by atoms with E-state index < -0.39 is 0 Å². The minimum Gasteiger partial charge on any atom is -0.341 e. The van der Waals surface area contributed by atoms with Crippen LogP contribution >= 0.6 is 11.6 Å². The first-order chi connectivity index (χ1) is 17.6. The van der Waals surface area contributed by atoms with Crippen LogP contribution in [0.2, 0.25) is 5.15 Å². The average molecular weight is 504 g/mol. The number of piperazine rings is 1. The third-order valence-electron chi connectivity index (χ3n) is 5.92. The molecule has 0 radical (unpaired) electrons. The molecule has 0 atom stereocenters. The number of carbonyl (C=O) groups excluding carboxylic acids is 1. The zero-order valence-electron chi connectivity index (χ0n) is 19.8. The fourth-order valence-electron chi connectivity index (χ4n) is 4.16. The molecule has 1 fully saturated rings. The molecule has 0 bridgehead atoms. The number of benzene rings is 1. The number of pyridine rings is 1. The van der Waals surface area contributed by atoms with Crippen molar-refractivity contribution >= 4 is 29.3 Å². The van der Waals surface area contributed by atoms with Crippen molar-refractivity contribution in [3.05, 3.63) is 77.8 Å². The summed E-state index contributed by atoms with van der Waals surface area (Å²) in [5.41, 5.74) is 4.13. The Hall–Kier alpha value is -4.02. The van der Waals surface area contributed by atoms with E-state index in [1.165, 1.54) is 0 Å². The number of halogens is 1. The molecule has 3 aromatic heterocycles. The predicted octanol–water partition coefficient (Wildman–Crippen LogP) is 3.58. The van der Waals surface area contributed by atoms with E-state index in [2.05, 4.69) is 30.6 Å². The van der Waals surface area contributed by atoms with E-state index in [0.29, 0.717) is 30.7 Å². The van der Waals surface area contributed by atoms with Crippen molar-refractivity contribution in [3.63, 3.8) is 0 Å². The molecule has 4 aromatic rings. The molecule has 11 heteroatoms. The zero-order chi connectivity index (χ0) is 24.9. The molecule has 36 heavy (non-hydrogen) atoms. The van der Waals surface area contributed by atoms with Gasteiger partial charge in [-0.05, 0) is 36.4 Å². The summed E-state index contributed by atoms with van der Waals surface area (Å²) in [7, 11) is 1.65. The second-order valence-electron chi connectivity index (χ2n) is 8.34. The molecular formula is C25H26ClN9O. The van der Waals surface area contributed by atoms with Gasteiger partial charge in [-0.15, -0.1) is 0 Å². The van der Waals surface area contributed by atoms with Gasteiger partial charge in [0.15, 0.2) is 0 Å². The Balaban J connectivity index is 1.30. The maximum atomic E-state index is 11.8. The topological polar surface area (TPSA) is 104 Å². The van der Waals surface area contributed by atoms with Crippen LogP contribution in [0.15, 0.2) is 67.0 Å². The number of aromatic nitrogens is 5. The summed E-state index contributed by atoms with van der Waals surface area (Å²) in [4.78, 5) is 29.5. The maximum Gasteiger partial charge on any atom is 0.317 e. The number of urea groups is 1. The van der Waals surface area contributed by atoms with E-state index in [4.69, 9.17) is 16.6 Å². The first-order valence-corrected chi connectivity index (χ1v) is 12.0. The smallest absolute Gasteiger partial charge is 0.317 e. The van der Waals surface area contributed by atoms with Crippen molar-refractivity contribution in [1.29, 1.82) is 0 Å². The molecule has 184 valence electrons. The molecule has 1 aliphatic rings. The minimum atomic E-state index is -0.0453. The minimum absolute atomic E-state index is 0.0453. The summed E-state index contributed by atoms with van der Waals surface area (Å²) >= 11 is 6.34. The molecule has 0 spiro atoms. The molecule has 0 unspecified atom stereocenters. The number of anilines is 2. The number of amides is 2. The number of para-hydroxylation sites is 1. The lowest BCUT2D eigenvalue weighted by atomic mass is 10.2. The predicted molar refractivity (Wildman–Crippen MR) is 138 cm³/mol. The Kier molecular flexibility index (Phi) is 7.06. The van der Waals surface area contributed by atoms with Crippen LogP contribution in [0.3, 0.4) is 0 Å². The van der Waals surface area contributed by atoms with Gasteiger partial charge >= 0.3 is 6.03 Å². The highest BCUT2D eigenvalue weighted by Gasteiger charge is 2.21. The summed E-state index contributed by atoms with van der Waals surface area (Å²) in [6.07, 6.45) is 3.46. The summed E-state index contributed by atoms with van der Waals surface area (Å²) in [6, 6.07) is 17.3.